The first kappa shape index (κ1) is 17.0. The summed E-state index contributed by atoms with van der Waals surface area (Å²) in [5, 5.41) is 3.81. The van der Waals surface area contributed by atoms with Gasteiger partial charge in [-0.05, 0) is 45.1 Å². The molecule has 0 saturated carbocycles. The van der Waals surface area contributed by atoms with Crippen LogP contribution < -0.4 is 5.32 Å². The van der Waals surface area contributed by atoms with Crippen LogP contribution >= 0.6 is 0 Å². The highest BCUT2D eigenvalue weighted by Gasteiger charge is 2.35. The van der Waals surface area contributed by atoms with E-state index in [1.54, 1.807) is 0 Å². The lowest BCUT2D eigenvalue weighted by Gasteiger charge is -2.35. The van der Waals surface area contributed by atoms with Crippen LogP contribution in [0.2, 0.25) is 0 Å². The second-order valence-corrected chi connectivity index (χ2v) is 6.84. The van der Waals surface area contributed by atoms with E-state index in [2.05, 4.69) is 26.1 Å². The van der Waals surface area contributed by atoms with Crippen molar-refractivity contribution in [3.63, 3.8) is 0 Å². The van der Waals surface area contributed by atoms with Crippen LogP contribution in [0, 0.1) is 5.92 Å². The van der Waals surface area contributed by atoms with E-state index in [4.69, 9.17) is 0 Å². The van der Waals surface area contributed by atoms with Crippen LogP contribution in [0.25, 0.3) is 0 Å². The molecule has 1 N–H and O–H groups in total. The average Bonchev–Trinajstić information content (AvgIpc) is 2.85. The van der Waals surface area contributed by atoms with Crippen molar-refractivity contribution in [3.8, 4) is 0 Å². The number of nitrogens with one attached hydrogen (secondary N) is 1. The van der Waals surface area contributed by atoms with Crippen molar-refractivity contribution in [2.45, 2.75) is 103 Å². The van der Waals surface area contributed by atoms with Crippen LogP contribution in [0.5, 0.6) is 0 Å². The maximum atomic E-state index is 3.81. The van der Waals surface area contributed by atoms with Gasteiger partial charge in [-0.1, -0.05) is 65.2 Å². The van der Waals surface area contributed by atoms with Gasteiger partial charge in [0.15, 0.2) is 0 Å². The fourth-order valence-corrected chi connectivity index (χ4v) is 3.68. The second-order valence-electron chi connectivity index (χ2n) is 6.84. The third-order valence-corrected chi connectivity index (χ3v) is 5.12. The predicted octanol–water partition coefficient (Wildman–Crippen LogP) is 5.69. The van der Waals surface area contributed by atoms with Gasteiger partial charge in [-0.25, -0.2) is 0 Å². The Morgan fingerprint density at radius 3 is 1.89 bits per heavy atom. The monoisotopic (exact) mass is 267 g/mol. The zero-order valence-corrected chi connectivity index (χ0v) is 13.8. The van der Waals surface area contributed by atoms with Crippen molar-refractivity contribution in [1.82, 2.24) is 5.32 Å². The fraction of sp³-hybridized carbons (Fsp3) is 1.00. The molecule has 1 saturated heterocycles. The van der Waals surface area contributed by atoms with Gasteiger partial charge < -0.3 is 5.32 Å². The average molecular weight is 268 g/mol. The van der Waals surface area contributed by atoms with Crippen LogP contribution in [0.4, 0.5) is 0 Å². The molecule has 1 heterocycles. The lowest BCUT2D eigenvalue weighted by Crippen LogP contribution is -2.43. The normalized spacial score (nSPS) is 23.4. The number of hydrogen-bond acceptors (Lipinski definition) is 1. The van der Waals surface area contributed by atoms with Crippen LogP contribution in [0.3, 0.4) is 0 Å². The van der Waals surface area contributed by atoms with Gasteiger partial charge in [-0.3, -0.25) is 0 Å². The van der Waals surface area contributed by atoms with Crippen molar-refractivity contribution < 1.29 is 0 Å². The second kappa shape index (κ2) is 9.80. The van der Waals surface area contributed by atoms with Crippen molar-refractivity contribution >= 4 is 0 Å². The smallest absolute Gasteiger partial charge is 0.0181 e. The zero-order chi connectivity index (χ0) is 14.0. The lowest BCUT2D eigenvalue weighted by molar-refractivity contribution is 0.221. The lowest BCUT2D eigenvalue weighted by atomic mass is 9.78. The van der Waals surface area contributed by atoms with E-state index in [9.17, 15) is 0 Å². The Balaban J connectivity index is 2.33. The summed E-state index contributed by atoms with van der Waals surface area (Å²) >= 11 is 0. The van der Waals surface area contributed by atoms with E-state index >= 15 is 0 Å². The van der Waals surface area contributed by atoms with Crippen LogP contribution in [0.15, 0.2) is 0 Å². The van der Waals surface area contributed by atoms with Gasteiger partial charge in [-0.2, -0.15) is 0 Å². The molecule has 0 aromatic heterocycles. The molecule has 0 aromatic rings. The first-order valence-corrected chi connectivity index (χ1v) is 8.98. The van der Waals surface area contributed by atoms with Gasteiger partial charge in [0.25, 0.3) is 0 Å². The summed E-state index contributed by atoms with van der Waals surface area (Å²) in [6, 6.07) is 0. The van der Waals surface area contributed by atoms with Crippen molar-refractivity contribution in [2.24, 2.45) is 5.92 Å². The largest absolute Gasteiger partial charge is 0.311 e. The molecule has 114 valence electrons. The van der Waals surface area contributed by atoms with E-state index in [0.717, 1.165) is 5.92 Å². The van der Waals surface area contributed by atoms with E-state index in [1.807, 2.05) is 0 Å². The van der Waals surface area contributed by atoms with Gasteiger partial charge in [0.2, 0.25) is 0 Å². The molecule has 1 fully saturated rings. The Bertz CT molecular complexity index is 194. The van der Waals surface area contributed by atoms with E-state index in [-0.39, 0.29) is 0 Å². The molecule has 0 aromatic carbocycles. The number of hydrogen-bond donors (Lipinski definition) is 1. The minimum Gasteiger partial charge on any atom is -0.311 e. The zero-order valence-electron chi connectivity index (χ0n) is 13.8. The molecule has 1 rings (SSSR count). The quantitative estimate of drug-likeness (QED) is 0.474. The molecule has 1 nitrogen and oxygen atoms in total. The summed E-state index contributed by atoms with van der Waals surface area (Å²) in [5.41, 5.74) is 0.457. The Morgan fingerprint density at radius 1 is 0.895 bits per heavy atom. The fourth-order valence-electron chi connectivity index (χ4n) is 3.68. The van der Waals surface area contributed by atoms with E-state index in [0.29, 0.717) is 5.54 Å². The summed E-state index contributed by atoms with van der Waals surface area (Å²) < 4.78 is 0. The highest BCUT2D eigenvalue weighted by Crippen LogP contribution is 2.34. The van der Waals surface area contributed by atoms with Crippen molar-refractivity contribution in [3.05, 3.63) is 0 Å². The van der Waals surface area contributed by atoms with Gasteiger partial charge >= 0.3 is 0 Å². The topological polar surface area (TPSA) is 12.0 Å². The first-order valence-electron chi connectivity index (χ1n) is 8.98. The first-order chi connectivity index (χ1) is 9.23. The third kappa shape index (κ3) is 6.29. The van der Waals surface area contributed by atoms with Gasteiger partial charge in [0.05, 0.1) is 0 Å². The standard InChI is InChI=1S/C18H37N/c1-4-6-8-10-13-17(14-11-9-7-5-2)18(3)15-12-16-19-18/h17,19H,4-16H2,1-3H3. The Hall–Kier alpha value is -0.0400. The van der Waals surface area contributed by atoms with Gasteiger partial charge in [-0.15, -0.1) is 0 Å². The summed E-state index contributed by atoms with van der Waals surface area (Å²) in [4.78, 5) is 0. The molecule has 1 aliphatic heterocycles. The van der Waals surface area contributed by atoms with Gasteiger partial charge in [0.1, 0.15) is 0 Å². The SMILES string of the molecule is CCCCCCC(CCCCCC)C1(C)CCCN1. The Kier molecular flexibility index (Phi) is 8.77. The number of rotatable bonds is 11. The summed E-state index contributed by atoms with van der Waals surface area (Å²) in [5.74, 6) is 0.920. The summed E-state index contributed by atoms with van der Waals surface area (Å²) in [7, 11) is 0. The Labute approximate surface area is 121 Å². The highest BCUT2D eigenvalue weighted by atomic mass is 15.0. The highest BCUT2D eigenvalue weighted by molar-refractivity contribution is 4.94. The van der Waals surface area contributed by atoms with E-state index < -0.39 is 0 Å². The molecule has 1 atom stereocenters. The molecule has 1 heteroatoms. The van der Waals surface area contributed by atoms with Crippen molar-refractivity contribution in [2.75, 3.05) is 6.54 Å². The maximum Gasteiger partial charge on any atom is 0.0181 e. The number of unbranched alkanes of at least 4 members (excludes halogenated alkanes) is 6. The molecule has 0 spiro atoms. The molecule has 0 aliphatic carbocycles. The minimum atomic E-state index is 0.457. The molecule has 1 unspecified atom stereocenters. The molecular formula is C18H37N. The molecule has 19 heavy (non-hydrogen) atoms. The van der Waals surface area contributed by atoms with E-state index in [1.165, 1.54) is 83.6 Å². The molecule has 0 bridgehead atoms. The molecule has 0 radical (unpaired) electrons. The van der Waals surface area contributed by atoms with Crippen LogP contribution in [-0.2, 0) is 0 Å². The third-order valence-electron chi connectivity index (χ3n) is 5.12. The summed E-state index contributed by atoms with van der Waals surface area (Å²) in [6.45, 7) is 8.35. The summed E-state index contributed by atoms with van der Waals surface area (Å²) in [6.07, 6.45) is 17.0. The molecular weight excluding hydrogens is 230 g/mol. The maximum absolute atomic E-state index is 3.81. The van der Waals surface area contributed by atoms with Crippen LogP contribution in [0.1, 0.15) is 97.8 Å². The van der Waals surface area contributed by atoms with Gasteiger partial charge in [0, 0.05) is 5.54 Å². The predicted molar refractivity (Wildman–Crippen MR) is 86.6 cm³/mol. The minimum absolute atomic E-state index is 0.457. The molecule has 1 aliphatic rings. The van der Waals surface area contributed by atoms with Crippen molar-refractivity contribution in [1.29, 1.82) is 0 Å². The molecule has 0 amide bonds. The van der Waals surface area contributed by atoms with Crippen LogP contribution in [-0.4, -0.2) is 12.1 Å². The Morgan fingerprint density at radius 2 is 1.47 bits per heavy atom.